The molecule has 0 bridgehead atoms. The number of hydrogen-bond donors (Lipinski definition) is 1. The lowest BCUT2D eigenvalue weighted by molar-refractivity contribution is 0.0596. The van der Waals surface area contributed by atoms with E-state index < -0.39 is 5.97 Å². The average molecular weight is 223 g/mol. The number of nitrogens with zero attached hydrogens (tertiary/aromatic N) is 2. The highest BCUT2D eigenvalue weighted by Crippen LogP contribution is 2.19. The van der Waals surface area contributed by atoms with Crippen molar-refractivity contribution in [2.24, 2.45) is 0 Å². The minimum Gasteiger partial charge on any atom is -0.465 e. The lowest BCUT2D eigenvalue weighted by atomic mass is 10.1. The maximum Gasteiger partial charge on any atom is 0.341 e. The Morgan fingerprint density at radius 1 is 1.44 bits per heavy atom. The lowest BCUT2D eigenvalue weighted by Crippen LogP contribution is -2.14. The van der Waals surface area contributed by atoms with E-state index in [4.69, 9.17) is 4.84 Å². The van der Waals surface area contributed by atoms with Crippen molar-refractivity contribution in [2.45, 2.75) is 0 Å². The largest absolute Gasteiger partial charge is 0.465 e. The minimum atomic E-state index is -0.581. The fourth-order valence-corrected chi connectivity index (χ4v) is 1.38. The Bertz CT molecular complexity index is 557. The highest BCUT2D eigenvalue weighted by Gasteiger charge is 2.21. The predicted molar refractivity (Wildman–Crippen MR) is 53.3 cm³/mol. The van der Waals surface area contributed by atoms with E-state index in [9.17, 15) is 9.59 Å². The molecule has 7 nitrogen and oxygen atoms in total. The van der Waals surface area contributed by atoms with E-state index in [-0.39, 0.29) is 22.4 Å². The van der Waals surface area contributed by atoms with E-state index in [0.717, 1.165) is 0 Å². The third-order valence-electron chi connectivity index (χ3n) is 2.15. The monoisotopic (exact) mass is 223 g/mol. The van der Waals surface area contributed by atoms with E-state index in [0.29, 0.717) is 0 Å². The fourth-order valence-electron chi connectivity index (χ4n) is 1.38. The molecule has 0 fully saturated rings. The molecule has 16 heavy (non-hydrogen) atoms. The maximum absolute atomic E-state index is 11.5. The number of methoxy groups -OCH3 is 1. The standard InChI is InChI=1S/C9H9N3O4/c1-15-9(14)6-4-12(16-2)3-5-7(6)10-11-8(5)13/h3-4H,1-2H3,(H,11,13). The van der Waals surface area contributed by atoms with Crippen LogP contribution in [0.25, 0.3) is 11.3 Å². The van der Waals surface area contributed by atoms with Gasteiger partial charge in [0, 0.05) is 0 Å². The molecule has 0 saturated carbocycles. The van der Waals surface area contributed by atoms with Crippen molar-refractivity contribution in [1.82, 2.24) is 14.9 Å². The van der Waals surface area contributed by atoms with Gasteiger partial charge in [-0.1, -0.05) is 0 Å². The van der Waals surface area contributed by atoms with Gasteiger partial charge in [0.1, 0.15) is 18.4 Å². The van der Waals surface area contributed by atoms with E-state index in [1.807, 2.05) is 0 Å². The van der Waals surface area contributed by atoms with Gasteiger partial charge in [0.15, 0.2) is 0 Å². The lowest BCUT2D eigenvalue weighted by Gasteiger charge is -2.09. The summed E-state index contributed by atoms with van der Waals surface area (Å²) >= 11 is 0. The van der Waals surface area contributed by atoms with Crippen molar-refractivity contribution in [1.29, 1.82) is 0 Å². The Balaban J connectivity index is 2.72. The summed E-state index contributed by atoms with van der Waals surface area (Å²) in [6, 6.07) is 0. The molecule has 0 aromatic carbocycles. The van der Waals surface area contributed by atoms with Gasteiger partial charge in [-0.15, -0.1) is 0 Å². The Morgan fingerprint density at radius 3 is 2.81 bits per heavy atom. The number of ether oxygens (including phenoxy) is 1. The van der Waals surface area contributed by atoms with E-state index in [1.165, 1.54) is 31.3 Å². The van der Waals surface area contributed by atoms with Gasteiger partial charge in [0.2, 0.25) is 0 Å². The Labute approximate surface area is 89.9 Å². The van der Waals surface area contributed by atoms with Crippen LogP contribution < -0.4 is 10.4 Å². The van der Waals surface area contributed by atoms with Crippen LogP contribution in [0.4, 0.5) is 0 Å². The van der Waals surface area contributed by atoms with Crippen LogP contribution in [0.15, 0.2) is 17.2 Å². The zero-order valence-electron chi connectivity index (χ0n) is 8.68. The molecular weight excluding hydrogens is 214 g/mol. The number of nitrogens with one attached hydrogen (secondary N) is 1. The molecule has 0 radical (unpaired) electrons. The van der Waals surface area contributed by atoms with Crippen LogP contribution in [0.3, 0.4) is 0 Å². The van der Waals surface area contributed by atoms with Crippen LogP contribution in [0.5, 0.6) is 0 Å². The number of hydrogen-bond acceptors (Lipinski definition) is 5. The Morgan fingerprint density at radius 2 is 2.19 bits per heavy atom. The topological polar surface area (TPSA) is 86.2 Å². The van der Waals surface area contributed by atoms with Gasteiger partial charge in [-0.05, 0) is 0 Å². The number of H-pyrrole nitrogens is 1. The van der Waals surface area contributed by atoms with Crippen molar-refractivity contribution in [3.05, 3.63) is 28.3 Å². The summed E-state index contributed by atoms with van der Waals surface area (Å²) in [6.07, 6.45) is 2.84. The number of fused-ring (bicyclic) bond motifs is 1. The number of carbonyl (C=O) groups is 1. The summed E-state index contributed by atoms with van der Waals surface area (Å²) in [4.78, 5) is 27.7. The highest BCUT2D eigenvalue weighted by atomic mass is 16.6. The molecular formula is C9H9N3O4. The molecule has 0 aromatic heterocycles. The summed E-state index contributed by atoms with van der Waals surface area (Å²) in [5.74, 6) is -0.581. The van der Waals surface area contributed by atoms with Crippen LogP contribution in [-0.2, 0) is 4.74 Å². The van der Waals surface area contributed by atoms with Crippen LogP contribution in [0, 0.1) is 0 Å². The molecule has 0 atom stereocenters. The van der Waals surface area contributed by atoms with Gasteiger partial charge in [-0.25, -0.2) is 9.89 Å². The van der Waals surface area contributed by atoms with E-state index >= 15 is 0 Å². The number of carbonyl (C=O) groups excluding carboxylic acids is 1. The van der Waals surface area contributed by atoms with Gasteiger partial charge in [-0.2, -0.15) is 9.83 Å². The molecule has 0 aromatic rings. The van der Waals surface area contributed by atoms with Gasteiger partial charge in [-0.3, -0.25) is 4.79 Å². The van der Waals surface area contributed by atoms with Gasteiger partial charge >= 0.3 is 5.97 Å². The zero-order chi connectivity index (χ0) is 11.7. The number of aromatic nitrogens is 3. The first-order chi connectivity index (χ1) is 7.67. The summed E-state index contributed by atoms with van der Waals surface area (Å²) < 4.78 is 5.83. The highest BCUT2D eigenvalue weighted by molar-refractivity contribution is 5.95. The SMILES string of the molecule is COC(=O)c1cn(OC)cc2c(=O)[nH]nc1-2. The van der Waals surface area contributed by atoms with Crippen LogP contribution >= 0.6 is 0 Å². The number of esters is 1. The molecule has 2 heterocycles. The molecule has 84 valence electrons. The second-order valence-electron chi connectivity index (χ2n) is 3.02. The van der Waals surface area contributed by atoms with Crippen molar-refractivity contribution in [2.75, 3.05) is 14.2 Å². The second-order valence-corrected chi connectivity index (χ2v) is 3.02. The van der Waals surface area contributed by atoms with Gasteiger partial charge in [0.25, 0.3) is 5.56 Å². The van der Waals surface area contributed by atoms with Crippen molar-refractivity contribution >= 4 is 5.97 Å². The number of pyridine rings is 1. The molecule has 0 spiro atoms. The molecule has 0 unspecified atom stereocenters. The molecule has 2 aliphatic rings. The molecule has 1 N–H and O–H groups in total. The summed E-state index contributed by atoms with van der Waals surface area (Å²) in [6.45, 7) is 0. The molecule has 7 heteroatoms. The van der Waals surface area contributed by atoms with Crippen molar-refractivity contribution < 1.29 is 14.4 Å². The molecule has 2 rings (SSSR count). The smallest absolute Gasteiger partial charge is 0.341 e. The van der Waals surface area contributed by atoms with Crippen LogP contribution in [0.1, 0.15) is 10.4 Å². The third kappa shape index (κ3) is 1.42. The maximum atomic E-state index is 11.5. The quantitative estimate of drug-likeness (QED) is 0.695. The molecule has 0 amide bonds. The second kappa shape index (κ2) is 3.69. The van der Waals surface area contributed by atoms with E-state index in [2.05, 4.69) is 14.9 Å². The molecule has 0 aliphatic carbocycles. The molecule has 2 aliphatic heterocycles. The average Bonchev–Trinajstić information content (AvgIpc) is 2.69. The Kier molecular flexibility index (Phi) is 2.35. The minimum absolute atomic E-state index is 0.167. The van der Waals surface area contributed by atoms with E-state index in [1.54, 1.807) is 0 Å². The predicted octanol–water partition coefficient (Wildman–Crippen LogP) is -0.479. The van der Waals surface area contributed by atoms with Crippen LogP contribution in [0.2, 0.25) is 0 Å². The van der Waals surface area contributed by atoms with Crippen LogP contribution in [-0.4, -0.2) is 35.1 Å². The number of rotatable bonds is 2. The third-order valence-corrected chi connectivity index (χ3v) is 2.15. The summed E-state index contributed by atoms with van der Waals surface area (Å²) in [7, 11) is 2.67. The van der Waals surface area contributed by atoms with Gasteiger partial charge < -0.3 is 9.57 Å². The number of aromatic amines is 1. The first-order valence-corrected chi connectivity index (χ1v) is 4.40. The molecule has 0 saturated heterocycles. The normalized spacial score (nSPS) is 10.4. The Hall–Kier alpha value is -2.31. The van der Waals surface area contributed by atoms with Crippen molar-refractivity contribution in [3.63, 3.8) is 0 Å². The first-order valence-electron chi connectivity index (χ1n) is 4.40. The van der Waals surface area contributed by atoms with Crippen molar-refractivity contribution in [3.8, 4) is 11.3 Å². The zero-order valence-corrected chi connectivity index (χ0v) is 8.68. The fraction of sp³-hybridized carbons (Fsp3) is 0.222. The van der Waals surface area contributed by atoms with Gasteiger partial charge in [0.05, 0.1) is 25.1 Å². The summed E-state index contributed by atoms with van der Waals surface area (Å²) in [5.41, 5.74) is 0.321. The summed E-state index contributed by atoms with van der Waals surface area (Å²) in [5, 5.41) is 6.02. The first kappa shape index (κ1) is 10.2.